The molecular formula is C12H19N. The Labute approximate surface area is 81.0 Å². The van der Waals surface area contributed by atoms with Crippen molar-refractivity contribution in [2.45, 2.75) is 32.7 Å². The van der Waals surface area contributed by atoms with Gasteiger partial charge in [0.25, 0.3) is 0 Å². The predicted octanol–water partition coefficient (Wildman–Crippen LogP) is 3.12. The minimum atomic E-state index is 0.196. The average molecular weight is 177 g/mol. The first-order chi connectivity index (χ1) is 6.25. The maximum Gasteiger partial charge on any atom is 0.0320 e. The summed E-state index contributed by atoms with van der Waals surface area (Å²) in [6, 6.07) is 10.5. The van der Waals surface area contributed by atoms with Crippen molar-refractivity contribution in [3.63, 3.8) is 0 Å². The van der Waals surface area contributed by atoms with E-state index in [9.17, 15) is 0 Å². The van der Waals surface area contributed by atoms with Gasteiger partial charge in [-0.3, -0.25) is 0 Å². The highest BCUT2D eigenvalue weighted by Gasteiger charge is 2.12. The van der Waals surface area contributed by atoms with Crippen LogP contribution in [0.1, 0.15) is 38.3 Å². The van der Waals surface area contributed by atoms with Gasteiger partial charge in [-0.05, 0) is 17.9 Å². The quantitative estimate of drug-likeness (QED) is 0.751. The Hall–Kier alpha value is -0.820. The molecule has 2 unspecified atom stereocenters. The largest absolute Gasteiger partial charge is 0.324 e. The molecule has 0 radical (unpaired) electrons. The summed E-state index contributed by atoms with van der Waals surface area (Å²) in [7, 11) is 0. The summed E-state index contributed by atoms with van der Waals surface area (Å²) in [6.07, 6.45) is 2.41. The van der Waals surface area contributed by atoms with E-state index in [0.717, 1.165) is 0 Å². The first-order valence-corrected chi connectivity index (χ1v) is 5.06. The molecular weight excluding hydrogens is 158 g/mol. The molecule has 0 saturated heterocycles. The van der Waals surface area contributed by atoms with Crippen LogP contribution in [0.4, 0.5) is 0 Å². The predicted molar refractivity (Wildman–Crippen MR) is 57.4 cm³/mol. The average Bonchev–Trinajstić information content (AvgIpc) is 2.18. The summed E-state index contributed by atoms with van der Waals surface area (Å²) in [5.41, 5.74) is 7.38. The molecule has 0 heterocycles. The van der Waals surface area contributed by atoms with Crippen LogP contribution in [0.15, 0.2) is 30.3 Å². The van der Waals surface area contributed by atoms with Gasteiger partial charge < -0.3 is 5.73 Å². The topological polar surface area (TPSA) is 26.0 Å². The van der Waals surface area contributed by atoms with Crippen LogP contribution in [0.2, 0.25) is 0 Å². The Morgan fingerprint density at radius 1 is 1.23 bits per heavy atom. The van der Waals surface area contributed by atoms with E-state index < -0.39 is 0 Å². The Balaban J connectivity index is 2.62. The second-order valence-corrected chi connectivity index (χ2v) is 3.70. The number of hydrogen-bond donors (Lipinski definition) is 1. The van der Waals surface area contributed by atoms with Crippen LogP contribution < -0.4 is 5.73 Å². The van der Waals surface area contributed by atoms with Gasteiger partial charge >= 0.3 is 0 Å². The number of benzene rings is 1. The van der Waals surface area contributed by atoms with Gasteiger partial charge in [0.15, 0.2) is 0 Å². The van der Waals surface area contributed by atoms with Crippen molar-refractivity contribution in [3.8, 4) is 0 Å². The fourth-order valence-corrected chi connectivity index (χ4v) is 1.64. The van der Waals surface area contributed by atoms with Crippen LogP contribution in [0.5, 0.6) is 0 Å². The Morgan fingerprint density at radius 3 is 2.38 bits per heavy atom. The van der Waals surface area contributed by atoms with E-state index in [-0.39, 0.29) is 6.04 Å². The second kappa shape index (κ2) is 5.03. The molecule has 0 fully saturated rings. The number of rotatable bonds is 4. The maximum atomic E-state index is 6.12. The van der Waals surface area contributed by atoms with Crippen molar-refractivity contribution < 1.29 is 0 Å². The van der Waals surface area contributed by atoms with Crippen LogP contribution >= 0.6 is 0 Å². The molecule has 0 bridgehead atoms. The molecule has 2 atom stereocenters. The van der Waals surface area contributed by atoms with Gasteiger partial charge in [-0.2, -0.15) is 0 Å². The fraction of sp³-hybridized carbons (Fsp3) is 0.500. The zero-order valence-corrected chi connectivity index (χ0v) is 8.53. The molecule has 0 spiro atoms. The Kier molecular flexibility index (Phi) is 3.97. The second-order valence-electron chi connectivity index (χ2n) is 3.70. The zero-order chi connectivity index (χ0) is 9.68. The van der Waals surface area contributed by atoms with Crippen LogP contribution in [0.3, 0.4) is 0 Å². The molecule has 0 aliphatic heterocycles. The van der Waals surface area contributed by atoms with E-state index in [1.807, 2.05) is 18.2 Å². The molecule has 1 heteroatoms. The maximum absolute atomic E-state index is 6.12. The third kappa shape index (κ3) is 2.85. The molecule has 0 aliphatic rings. The minimum absolute atomic E-state index is 0.196. The molecule has 2 N–H and O–H groups in total. The first-order valence-electron chi connectivity index (χ1n) is 5.06. The van der Waals surface area contributed by atoms with Gasteiger partial charge in [0, 0.05) is 6.04 Å². The van der Waals surface area contributed by atoms with Gasteiger partial charge in [-0.1, -0.05) is 50.6 Å². The van der Waals surface area contributed by atoms with E-state index in [0.29, 0.717) is 5.92 Å². The third-order valence-electron chi connectivity index (χ3n) is 2.54. The van der Waals surface area contributed by atoms with Crippen LogP contribution in [-0.2, 0) is 0 Å². The van der Waals surface area contributed by atoms with E-state index in [2.05, 4.69) is 26.0 Å². The lowest BCUT2D eigenvalue weighted by Crippen LogP contribution is -2.18. The van der Waals surface area contributed by atoms with E-state index >= 15 is 0 Å². The van der Waals surface area contributed by atoms with Crippen LogP contribution in [0, 0.1) is 5.92 Å². The molecule has 0 saturated carbocycles. The standard InChI is InChI=1S/C12H19N/c1-3-7-10(2)12(13)11-8-5-4-6-9-11/h4-6,8-10,12H,3,7,13H2,1-2H3. The fourth-order valence-electron chi connectivity index (χ4n) is 1.64. The highest BCUT2D eigenvalue weighted by molar-refractivity contribution is 5.18. The highest BCUT2D eigenvalue weighted by atomic mass is 14.6. The molecule has 0 aliphatic carbocycles. The smallest absolute Gasteiger partial charge is 0.0320 e. The summed E-state index contributed by atoms with van der Waals surface area (Å²) in [4.78, 5) is 0. The van der Waals surface area contributed by atoms with E-state index in [1.165, 1.54) is 18.4 Å². The van der Waals surface area contributed by atoms with Crippen molar-refractivity contribution in [2.75, 3.05) is 0 Å². The van der Waals surface area contributed by atoms with Crippen LogP contribution in [-0.4, -0.2) is 0 Å². The molecule has 1 nitrogen and oxygen atoms in total. The molecule has 13 heavy (non-hydrogen) atoms. The van der Waals surface area contributed by atoms with Gasteiger partial charge in [0.05, 0.1) is 0 Å². The van der Waals surface area contributed by atoms with Crippen molar-refractivity contribution in [1.82, 2.24) is 0 Å². The van der Waals surface area contributed by atoms with Gasteiger partial charge in [0.1, 0.15) is 0 Å². The number of nitrogens with two attached hydrogens (primary N) is 1. The summed E-state index contributed by atoms with van der Waals surface area (Å²) < 4.78 is 0. The zero-order valence-electron chi connectivity index (χ0n) is 8.53. The molecule has 0 amide bonds. The lowest BCUT2D eigenvalue weighted by Gasteiger charge is -2.19. The normalized spacial score (nSPS) is 15.3. The lowest BCUT2D eigenvalue weighted by atomic mass is 9.92. The Bertz CT molecular complexity index is 230. The van der Waals surface area contributed by atoms with Crippen molar-refractivity contribution in [1.29, 1.82) is 0 Å². The Morgan fingerprint density at radius 2 is 1.85 bits per heavy atom. The van der Waals surface area contributed by atoms with E-state index in [4.69, 9.17) is 5.73 Å². The van der Waals surface area contributed by atoms with Gasteiger partial charge in [0.2, 0.25) is 0 Å². The summed E-state index contributed by atoms with van der Waals surface area (Å²) in [5, 5.41) is 0. The molecule has 1 aromatic carbocycles. The minimum Gasteiger partial charge on any atom is -0.324 e. The summed E-state index contributed by atoms with van der Waals surface area (Å²) >= 11 is 0. The number of hydrogen-bond acceptors (Lipinski definition) is 1. The summed E-state index contributed by atoms with van der Waals surface area (Å²) in [6.45, 7) is 4.43. The molecule has 0 aromatic heterocycles. The van der Waals surface area contributed by atoms with Crippen molar-refractivity contribution >= 4 is 0 Å². The lowest BCUT2D eigenvalue weighted by molar-refractivity contribution is 0.434. The molecule has 1 rings (SSSR count). The van der Waals surface area contributed by atoms with E-state index in [1.54, 1.807) is 0 Å². The van der Waals surface area contributed by atoms with Gasteiger partial charge in [-0.25, -0.2) is 0 Å². The third-order valence-corrected chi connectivity index (χ3v) is 2.54. The van der Waals surface area contributed by atoms with Crippen molar-refractivity contribution in [3.05, 3.63) is 35.9 Å². The monoisotopic (exact) mass is 177 g/mol. The molecule has 72 valence electrons. The van der Waals surface area contributed by atoms with Crippen LogP contribution in [0.25, 0.3) is 0 Å². The molecule has 1 aromatic rings. The SMILES string of the molecule is CCCC(C)C(N)c1ccccc1. The summed E-state index contributed by atoms with van der Waals surface area (Å²) in [5.74, 6) is 0.576. The van der Waals surface area contributed by atoms with Gasteiger partial charge in [-0.15, -0.1) is 0 Å². The highest BCUT2D eigenvalue weighted by Crippen LogP contribution is 2.22. The first kappa shape index (κ1) is 10.3. The van der Waals surface area contributed by atoms with Crippen molar-refractivity contribution in [2.24, 2.45) is 11.7 Å².